The van der Waals surface area contributed by atoms with Gasteiger partial charge in [0.25, 0.3) is 0 Å². The molecular weight excluding hydrogens is 170 g/mol. The first kappa shape index (κ1) is 9.72. The quantitative estimate of drug-likeness (QED) is 0.751. The summed E-state index contributed by atoms with van der Waals surface area (Å²) in [7, 11) is 0. The molecule has 1 nitrogen and oxygen atoms in total. The molecule has 0 heterocycles. The molecule has 1 N–H and O–H groups in total. The second-order valence-corrected chi connectivity index (χ2v) is 4.33. The molecule has 76 valence electrons. The molecule has 1 aromatic carbocycles. The number of rotatable bonds is 5. The Labute approximate surface area is 86.5 Å². The van der Waals surface area contributed by atoms with E-state index >= 15 is 0 Å². The Kier molecular flexibility index (Phi) is 3.20. The first-order valence-corrected chi connectivity index (χ1v) is 5.64. The summed E-state index contributed by atoms with van der Waals surface area (Å²) in [5.41, 5.74) is 1.46. The molecule has 1 saturated carbocycles. The van der Waals surface area contributed by atoms with Crippen molar-refractivity contribution in [3.63, 3.8) is 0 Å². The van der Waals surface area contributed by atoms with Gasteiger partial charge in [-0.15, -0.1) is 0 Å². The van der Waals surface area contributed by atoms with Gasteiger partial charge in [0.2, 0.25) is 0 Å². The maximum absolute atomic E-state index is 3.56. The molecule has 2 rings (SSSR count). The fourth-order valence-corrected chi connectivity index (χ4v) is 1.74. The zero-order chi connectivity index (χ0) is 9.80. The zero-order valence-electron chi connectivity index (χ0n) is 8.87. The molecule has 0 spiro atoms. The number of hydrogen-bond donors (Lipinski definition) is 1. The van der Waals surface area contributed by atoms with Crippen LogP contribution in [-0.2, 0) is 0 Å². The summed E-state index contributed by atoms with van der Waals surface area (Å²) in [4.78, 5) is 0. The second-order valence-electron chi connectivity index (χ2n) is 4.33. The molecule has 0 aromatic heterocycles. The molecule has 0 amide bonds. The lowest BCUT2D eigenvalue weighted by Crippen LogP contribution is -2.18. The number of nitrogens with one attached hydrogen (secondary N) is 1. The van der Waals surface area contributed by atoms with E-state index in [9.17, 15) is 0 Å². The van der Waals surface area contributed by atoms with Crippen LogP contribution in [0.1, 0.15) is 37.7 Å². The van der Waals surface area contributed by atoms with E-state index in [1.54, 1.807) is 0 Å². The predicted octanol–water partition coefficient (Wildman–Crippen LogP) is 2.93. The van der Waals surface area contributed by atoms with Gasteiger partial charge in [-0.05, 0) is 37.3 Å². The highest BCUT2D eigenvalue weighted by molar-refractivity contribution is 5.18. The fourth-order valence-electron chi connectivity index (χ4n) is 1.74. The minimum absolute atomic E-state index is 0.683. The highest BCUT2D eigenvalue weighted by Crippen LogP contribution is 2.21. The van der Waals surface area contributed by atoms with Gasteiger partial charge in [-0.2, -0.15) is 0 Å². The lowest BCUT2D eigenvalue weighted by Gasteiger charge is -2.11. The molecule has 14 heavy (non-hydrogen) atoms. The van der Waals surface area contributed by atoms with Crippen LogP contribution in [0.25, 0.3) is 0 Å². The van der Waals surface area contributed by atoms with Gasteiger partial charge in [0.1, 0.15) is 0 Å². The van der Waals surface area contributed by atoms with Gasteiger partial charge in [-0.3, -0.25) is 0 Å². The van der Waals surface area contributed by atoms with Gasteiger partial charge in [0.05, 0.1) is 0 Å². The van der Waals surface area contributed by atoms with Crippen molar-refractivity contribution in [3.05, 3.63) is 35.9 Å². The van der Waals surface area contributed by atoms with Gasteiger partial charge in [-0.25, -0.2) is 0 Å². The molecule has 1 aromatic rings. The monoisotopic (exact) mass is 189 g/mol. The van der Waals surface area contributed by atoms with E-state index in [4.69, 9.17) is 0 Å². The maximum Gasteiger partial charge on any atom is 0.00682 e. The Bertz CT molecular complexity index is 264. The lowest BCUT2D eigenvalue weighted by atomic mass is 9.98. The van der Waals surface area contributed by atoms with Crippen molar-refractivity contribution < 1.29 is 0 Å². The highest BCUT2D eigenvalue weighted by atomic mass is 14.9. The Balaban J connectivity index is 1.74. The summed E-state index contributed by atoms with van der Waals surface area (Å²) in [6, 6.07) is 11.6. The van der Waals surface area contributed by atoms with Gasteiger partial charge in [0.15, 0.2) is 0 Å². The van der Waals surface area contributed by atoms with Crippen LogP contribution in [0.3, 0.4) is 0 Å². The van der Waals surface area contributed by atoms with Gasteiger partial charge < -0.3 is 5.32 Å². The van der Waals surface area contributed by atoms with Gasteiger partial charge >= 0.3 is 0 Å². The summed E-state index contributed by atoms with van der Waals surface area (Å²) in [5, 5.41) is 3.56. The second kappa shape index (κ2) is 4.61. The van der Waals surface area contributed by atoms with E-state index < -0.39 is 0 Å². The molecule has 1 atom stereocenters. The Hall–Kier alpha value is -0.820. The Morgan fingerprint density at radius 2 is 2.00 bits per heavy atom. The van der Waals surface area contributed by atoms with E-state index in [1.165, 1.54) is 31.4 Å². The largest absolute Gasteiger partial charge is 0.314 e. The minimum Gasteiger partial charge on any atom is -0.314 e. The maximum atomic E-state index is 3.56. The Morgan fingerprint density at radius 1 is 1.29 bits per heavy atom. The molecule has 1 aliphatic rings. The molecule has 0 bridgehead atoms. The van der Waals surface area contributed by atoms with Crippen LogP contribution < -0.4 is 5.32 Å². The predicted molar refractivity (Wildman–Crippen MR) is 60.5 cm³/mol. The standard InChI is InChI=1S/C13H19N/c1-11(9-10-14-13-7-8-13)12-5-3-2-4-6-12/h2-6,11,13-14H,7-10H2,1H3. The van der Waals surface area contributed by atoms with Crippen molar-refractivity contribution >= 4 is 0 Å². The van der Waals surface area contributed by atoms with E-state index in [0.29, 0.717) is 5.92 Å². The molecule has 1 aliphatic carbocycles. The molecule has 1 heteroatoms. The summed E-state index contributed by atoms with van der Waals surface area (Å²) >= 11 is 0. The van der Waals surface area contributed by atoms with Crippen molar-refractivity contribution in [3.8, 4) is 0 Å². The highest BCUT2D eigenvalue weighted by Gasteiger charge is 2.19. The third kappa shape index (κ3) is 2.85. The van der Waals surface area contributed by atoms with Crippen LogP contribution >= 0.6 is 0 Å². The van der Waals surface area contributed by atoms with Crippen LogP contribution in [0.15, 0.2) is 30.3 Å². The topological polar surface area (TPSA) is 12.0 Å². The van der Waals surface area contributed by atoms with Crippen LogP contribution in [0.5, 0.6) is 0 Å². The van der Waals surface area contributed by atoms with Crippen LogP contribution in [-0.4, -0.2) is 12.6 Å². The fraction of sp³-hybridized carbons (Fsp3) is 0.538. The SMILES string of the molecule is CC(CCNC1CC1)c1ccccc1. The summed E-state index contributed by atoms with van der Waals surface area (Å²) < 4.78 is 0. The third-order valence-electron chi connectivity index (χ3n) is 2.96. The molecule has 1 unspecified atom stereocenters. The van der Waals surface area contributed by atoms with Crippen molar-refractivity contribution in [2.75, 3.05) is 6.54 Å². The van der Waals surface area contributed by atoms with E-state index in [1.807, 2.05) is 0 Å². The molecule has 1 fully saturated rings. The van der Waals surface area contributed by atoms with Crippen LogP contribution in [0, 0.1) is 0 Å². The number of benzene rings is 1. The normalized spacial score (nSPS) is 18.1. The van der Waals surface area contributed by atoms with E-state index in [0.717, 1.165) is 6.04 Å². The smallest absolute Gasteiger partial charge is 0.00682 e. The summed E-state index contributed by atoms with van der Waals surface area (Å²) in [6.45, 7) is 3.48. The average Bonchev–Trinajstić information content (AvgIpc) is 3.03. The lowest BCUT2D eigenvalue weighted by molar-refractivity contribution is 0.592. The number of hydrogen-bond acceptors (Lipinski definition) is 1. The van der Waals surface area contributed by atoms with Crippen molar-refractivity contribution in [2.24, 2.45) is 0 Å². The van der Waals surface area contributed by atoms with Crippen LogP contribution in [0.2, 0.25) is 0 Å². The minimum atomic E-state index is 0.683. The van der Waals surface area contributed by atoms with Crippen molar-refractivity contribution in [2.45, 2.75) is 38.1 Å². The van der Waals surface area contributed by atoms with Crippen LogP contribution in [0.4, 0.5) is 0 Å². The summed E-state index contributed by atoms with van der Waals surface area (Å²) in [6.07, 6.45) is 4.03. The first-order valence-electron chi connectivity index (χ1n) is 5.64. The first-order chi connectivity index (χ1) is 6.86. The molecular formula is C13H19N. The summed E-state index contributed by atoms with van der Waals surface area (Å²) in [5.74, 6) is 0.683. The van der Waals surface area contributed by atoms with Crippen molar-refractivity contribution in [1.82, 2.24) is 5.32 Å². The van der Waals surface area contributed by atoms with E-state index in [2.05, 4.69) is 42.6 Å². The third-order valence-corrected chi connectivity index (χ3v) is 2.96. The average molecular weight is 189 g/mol. The zero-order valence-corrected chi connectivity index (χ0v) is 8.87. The van der Waals surface area contributed by atoms with E-state index in [-0.39, 0.29) is 0 Å². The molecule has 0 saturated heterocycles. The molecule has 0 aliphatic heterocycles. The van der Waals surface area contributed by atoms with Crippen molar-refractivity contribution in [1.29, 1.82) is 0 Å². The Morgan fingerprint density at radius 3 is 2.64 bits per heavy atom. The van der Waals surface area contributed by atoms with Gasteiger partial charge in [0, 0.05) is 6.04 Å². The molecule has 0 radical (unpaired) electrons. The van der Waals surface area contributed by atoms with Gasteiger partial charge in [-0.1, -0.05) is 37.3 Å².